The van der Waals surface area contributed by atoms with Gasteiger partial charge in [0.25, 0.3) is 0 Å². The zero-order chi connectivity index (χ0) is 18.2. The van der Waals surface area contributed by atoms with Crippen LogP contribution in [0.2, 0.25) is 58.9 Å². The van der Waals surface area contributed by atoms with Crippen LogP contribution in [0.3, 0.4) is 0 Å². The number of nitrogens with zero attached hydrogens (tertiary/aromatic N) is 1. The summed E-state index contributed by atoms with van der Waals surface area (Å²) in [4.78, 5) is 11.5. The van der Waals surface area contributed by atoms with Crippen LogP contribution in [0.25, 0.3) is 0 Å². The van der Waals surface area contributed by atoms with E-state index in [1.54, 1.807) is 0 Å². The second kappa shape index (κ2) is 6.66. The van der Waals surface area contributed by atoms with Crippen LogP contribution in [0.5, 0.6) is 0 Å². The molecule has 1 rings (SSSR count). The van der Waals surface area contributed by atoms with Crippen molar-refractivity contribution in [3.63, 3.8) is 0 Å². The molecule has 1 aromatic rings. The van der Waals surface area contributed by atoms with Crippen molar-refractivity contribution in [2.45, 2.75) is 65.5 Å². The van der Waals surface area contributed by atoms with E-state index >= 15 is 0 Å². The summed E-state index contributed by atoms with van der Waals surface area (Å²) in [5, 5.41) is 10.5. The van der Waals surface area contributed by atoms with Crippen LogP contribution in [0, 0.1) is 0 Å². The van der Waals surface area contributed by atoms with E-state index in [-0.39, 0.29) is 0 Å². The minimum Gasteiger partial charge on any atom is -0.478 e. The number of hydrogen-bond donors (Lipinski definition) is 1. The molecule has 0 unspecified atom stereocenters. The van der Waals surface area contributed by atoms with E-state index in [2.05, 4.69) is 69.2 Å². The molecule has 0 saturated carbocycles. The highest BCUT2D eigenvalue weighted by molar-refractivity contribution is 6.90. The molecule has 1 aromatic carbocycles. The summed E-state index contributed by atoms with van der Waals surface area (Å²) < 4.78 is 2.74. The van der Waals surface area contributed by atoms with Crippen LogP contribution in [-0.2, 0) is 6.54 Å². The molecule has 0 heterocycles. The van der Waals surface area contributed by atoms with Crippen molar-refractivity contribution in [2.75, 3.05) is 0 Å². The summed E-state index contributed by atoms with van der Waals surface area (Å²) in [5.74, 6) is -0.804. The van der Waals surface area contributed by atoms with Crippen molar-refractivity contribution < 1.29 is 9.90 Å². The third-order valence-corrected chi connectivity index (χ3v) is 13.7. The van der Waals surface area contributed by atoms with Crippen molar-refractivity contribution in [2.24, 2.45) is 0 Å². The first-order valence-corrected chi connectivity index (χ1v) is 18.7. The summed E-state index contributed by atoms with van der Waals surface area (Å²) in [6, 6.07) is 6.00. The van der Waals surface area contributed by atoms with Gasteiger partial charge in [0.1, 0.15) is 16.5 Å². The maximum absolute atomic E-state index is 11.5. The fourth-order valence-electron chi connectivity index (χ4n) is 3.16. The molecule has 0 spiro atoms. The van der Waals surface area contributed by atoms with Gasteiger partial charge >= 0.3 is 5.97 Å². The lowest BCUT2D eigenvalue weighted by Gasteiger charge is -2.43. The number of hydrogen-bond acceptors (Lipinski definition) is 2. The Hall–Kier alpha value is -0.699. The number of carboxylic acids is 1. The lowest BCUT2D eigenvalue weighted by atomic mass is 10.1. The monoisotopic (exact) mass is 367 g/mol. The van der Waals surface area contributed by atoms with Crippen molar-refractivity contribution in [1.29, 1.82) is 0 Å². The Kier molecular flexibility index (Phi) is 5.89. The number of benzene rings is 1. The smallest absolute Gasteiger partial charge is 0.335 e. The number of carboxylic acid groups (broad SMARTS) is 1. The Morgan fingerprint density at radius 3 is 1.78 bits per heavy atom. The molecule has 0 saturated heterocycles. The van der Waals surface area contributed by atoms with Gasteiger partial charge in [0.05, 0.1) is 13.6 Å². The lowest BCUT2D eigenvalue weighted by molar-refractivity contribution is 0.0698. The molecule has 0 fully saturated rings. The molecule has 0 amide bonds. The van der Waals surface area contributed by atoms with Crippen LogP contribution < -0.4 is 5.19 Å². The topological polar surface area (TPSA) is 40.5 Å². The zero-order valence-corrected chi connectivity index (χ0v) is 19.2. The SMILES string of the molecule is C[Si](C)(C)c1cc(CN([Si](C)(C)C)[Si](C)(C)C)ccc1C(=O)O. The van der Waals surface area contributed by atoms with E-state index in [9.17, 15) is 9.90 Å². The first-order valence-electron chi connectivity index (χ1n) is 8.28. The van der Waals surface area contributed by atoms with E-state index in [4.69, 9.17) is 0 Å². The maximum atomic E-state index is 11.5. The molecule has 6 heteroatoms. The molecule has 0 aliphatic rings. The van der Waals surface area contributed by atoms with Crippen LogP contribution in [0.1, 0.15) is 15.9 Å². The summed E-state index contributed by atoms with van der Waals surface area (Å²) in [7, 11) is -4.52. The first kappa shape index (κ1) is 20.3. The van der Waals surface area contributed by atoms with Crippen LogP contribution in [0.15, 0.2) is 18.2 Å². The van der Waals surface area contributed by atoms with Crippen molar-refractivity contribution in [1.82, 2.24) is 4.23 Å². The van der Waals surface area contributed by atoms with Gasteiger partial charge < -0.3 is 9.34 Å². The van der Waals surface area contributed by atoms with Gasteiger partial charge in [0.2, 0.25) is 0 Å². The predicted octanol–water partition coefficient (Wildman–Crippen LogP) is 4.40. The third kappa shape index (κ3) is 5.41. The normalized spacial score (nSPS) is 13.5. The average Bonchev–Trinajstić information content (AvgIpc) is 2.31. The molecule has 0 radical (unpaired) electrons. The van der Waals surface area contributed by atoms with Crippen molar-refractivity contribution in [3.05, 3.63) is 29.3 Å². The van der Waals surface area contributed by atoms with Crippen LogP contribution in [-0.4, -0.2) is 39.9 Å². The lowest BCUT2D eigenvalue weighted by Crippen LogP contribution is -2.58. The third-order valence-electron chi connectivity index (χ3n) is 4.08. The molecule has 0 aromatic heterocycles. The standard InChI is InChI=1S/C17H33NO2Si3/c1-21(2,3)16-12-14(10-11-15(16)17(19)20)13-18(22(4,5)6)23(7,8)9/h10-12H,13H2,1-9H3,(H,19,20). The Labute approximate surface area is 144 Å². The van der Waals surface area contributed by atoms with Gasteiger partial charge in [-0.2, -0.15) is 0 Å². The molecular weight excluding hydrogens is 334 g/mol. The average molecular weight is 368 g/mol. The molecular formula is C17H33NO2Si3. The highest BCUT2D eigenvalue weighted by Gasteiger charge is 2.34. The van der Waals surface area contributed by atoms with Gasteiger partial charge in [-0.1, -0.05) is 71.1 Å². The van der Waals surface area contributed by atoms with E-state index in [1.165, 1.54) is 5.56 Å². The summed E-state index contributed by atoms with van der Waals surface area (Å²) >= 11 is 0. The minimum absolute atomic E-state index is 0.487. The van der Waals surface area contributed by atoms with Gasteiger partial charge in [-0.3, -0.25) is 0 Å². The van der Waals surface area contributed by atoms with E-state index in [0.717, 1.165) is 11.7 Å². The molecule has 0 aliphatic carbocycles. The van der Waals surface area contributed by atoms with Gasteiger partial charge in [0.15, 0.2) is 0 Å². The zero-order valence-electron chi connectivity index (χ0n) is 16.2. The predicted molar refractivity (Wildman–Crippen MR) is 109 cm³/mol. The largest absolute Gasteiger partial charge is 0.478 e. The maximum Gasteiger partial charge on any atom is 0.335 e. The number of rotatable bonds is 6. The van der Waals surface area contributed by atoms with Gasteiger partial charge in [-0.15, -0.1) is 0 Å². The highest BCUT2D eigenvalue weighted by Crippen LogP contribution is 2.23. The number of carbonyl (C=O) groups is 1. The van der Waals surface area contributed by atoms with E-state index in [1.807, 2.05) is 12.1 Å². The fourth-order valence-corrected chi connectivity index (χ4v) is 14.1. The summed E-state index contributed by atoms with van der Waals surface area (Å²) in [6.07, 6.45) is 0. The fraction of sp³-hybridized carbons (Fsp3) is 0.588. The molecule has 0 aliphatic heterocycles. The summed E-state index contributed by atoms with van der Waals surface area (Å²) in [6.45, 7) is 22.0. The second-order valence-corrected chi connectivity index (χ2v) is 24.6. The van der Waals surface area contributed by atoms with Gasteiger partial charge in [0, 0.05) is 6.54 Å². The first-order chi connectivity index (χ1) is 10.1. The Balaban J connectivity index is 3.32. The highest BCUT2D eigenvalue weighted by atomic mass is 28.4. The Bertz CT molecular complexity index is 567. The molecule has 0 atom stereocenters. The molecule has 130 valence electrons. The van der Waals surface area contributed by atoms with Crippen LogP contribution in [0.4, 0.5) is 0 Å². The Morgan fingerprint density at radius 1 is 0.957 bits per heavy atom. The van der Waals surface area contributed by atoms with Crippen molar-refractivity contribution in [3.8, 4) is 0 Å². The molecule has 3 nitrogen and oxygen atoms in total. The summed E-state index contributed by atoms with van der Waals surface area (Å²) in [5.41, 5.74) is 1.75. The Morgan fingerprint density at radius 2 is 1.43 bits per heavy atom. The molecule has 1 N–H and O–H groups in total. The van der Waals surface area contributed by atoms with Crippen molar-refractivity contribution >= 4 is 35.7 Å². The molecule has 0 bridgehead atoms. The minimum atomic E-state index is -1.69. The van der Waals surface area contributed by atoms with Crippen LogP contribution >= 0.6 is 0 Å². The van der Waals surface area contributed by atoms with E-state index < -0.39 is 30.5 Å². The second-order valence-electron chi connectivity index (χ2n) is 9.36. The number of aromatic carboxylic acids is 1. The quantitative estimate of drug-likeness (QED) is 0.757. The molecule has 23 heavy (non-hydrogen) atoms. The van der Waals surface area contributed by atoms with Gasteiger partial charge in [-0.05, 0) is 16.8 Å². The van der Waals surface area contributed by atoms with E-state index in [0.29, 0.717) is 5.56 Å². The van der Waals surface area contributed by atoms with Gasteiger partial charge in [-0.25, -0.2) is 4.79 Å².